The van der Waals surface area contributed by atoms with E-state index in [9.17, 15) is 35.2 Å². The number of sulfonamides is 1. The third-order valence-electron chi connectivity index (χ3n) is 6.10. The molecule has 8 nitrogen and oxygen atoms in total. The van der Waals surface area contributed by atoms with Crippen molar-refractivity contribution in [1.82, 2.24) is 19.3 Å². The third-order valence-corrected chi connectivity index (χ3v) is 7.61. The van der Waals surface area contributed by atoms with Crippen LogP contribution in [0, 0.1) is 6.92 Å². The molecule has 0 spiro atoms. The Morgan fingerprint density at radius 3 is 2.49 bits per heavy atom. The minimum Gasteiger partial charge on any atom is -0.322 e. The molecular weight excluding hydrogens is 545 g/mol. The van der Waals surface area contributed by atoms with Crippen LogP contribution in [-0.4, -0.2) is 35.0 Å². The summed E-state index contributed by atoms with van der Waals surface area (Å²) < 4.78 is 95.7. The van der Waals surface area contributed by atoms with Crippen molar-refractivity contribution in [1.29, 1.82) is 0 Å². The first-order valence-electron chi connectivity index (χ1n) is 11.6. The number of carbonyl (C=O) groups excluding carboxylic acids is 1. The first-order valence-corrected chi connectivity index (χ1v) is 13.1. The summed E-state index contributed by atoms with van der Waals surface area (Å²) in [4.78, 5) is 17.3. The second kappa shape index (κ2) is 9.68. The van der Waals surface area contributed by atoms with E-state index in [2.05, 4.69) is 20.1 Å². The van der Waals surface area contributed by atoms with E-state index in [1.165, 1.54) is 37.3 Å². The number of nitrogens with one attached hydrogen (secondary N) is 2. The van der Waals surface area contributed by atoms with Crippen LogP contribution in [-0.2, 0) is 16.2 Å². The molecule has 2 aromatic heterocycles. The van der Waals surface area contributed by atoms with Gasteiger partial charge in [-0.05, 0) is 61.7 Å². The van der Waals surface area contributed by atoms with Crippen molar-refractivity contribution < 1.29 is 35.2 Å². The number of aryl methyl sites for hydroxylation is 1. The molecule has 0 atom stereocenters. The zero-order chi connectivity index (χ0) is 28.1. The summed E-state index contributed by atoms with van der Waals surface area (Å²) in [6.45, 7) is 1.24. The first kappa shape index (κ1) is 26.7. The van der Waals surface area contributed by atoms with E-state index in [1.54, 1.807) is 0 Å². The van der Waals surface area contributed by atoms with E-state index < -0.39 is 39.8 Å². The predicted molar refractivity (Wildman–Crippen MR) is 131 cm³/mol. The summed E-state index contributed by atoms with van der Waals surface area (Å²) in [6.07, 6.45) is -5.12. The molecule has 0 aliphatic heterocycles. The van der Waals surface area contributed by atoms with Crippen LogP contribution in [0.1, 0.15) is 46.4 Å². The van der Waals surface area contributed by atoms with E-state index in [4.69, 9.17) is 0 Å². The number of fused-ring (bicyclic) bond motifs is 1. The molecule has 0 unspecified atom stereocenters. The summed E-state index contributed by atoms with van der Waals surface area (Å²) in [6, 6.07) is 9.50. The zero-order valence-electron chi connectivity index (χ0n) is 20.1. The highest BCUT2D eigenvalue weighted by Crippen LogP contribution is 2.34. The number of aromatic nitrogens is 3. The highest BCUT2D eigenvalue weighted by atomic mass is 32.2. The third kappa shape index (κ3) is 5.47. The highest BCUT2D eigenvalue weighted by molar-refractivity contribution is 7.89. The van der Waals surface area contributed by atoms with Crippen LogP contribution in [0.3, 0.4) is 0 Å². The molecule has 39 heavy (non-hydrogen) atoms. The summed E-state index contributed by atoms with van der Waals surface area (Å²) in [5, 5.41) is 6.38. The number of alkyl halides is 5. The van der Waals surface area contributed by atoms with E-state index in [-0.39, 0.29) is 44.7 Å². The number of amides is 1. The topological polar surface area (TPSA) is 105 Å². The van der Waals surface area contributed by atoms with Crippen molar-refractivity contribution >= 4 is 27.3 Å². The average molecular weight is 566 g/mol. The van der Waals surface area contributed by atoms with Crippen LogP contribution in [0.5, 0.6) is 0 Å². The molecule has 1 fully saturated rings. The molecule has 0 radical (unpaired) electrons. The fraction of sp³-hybridized carbons (Fsp3) is 0.240. The van der Waals surface area contributed by atoms with E-state index in [0.717, 1.165) is 41.8 Å². The number of hydrogen-bond donors (Lipinski definition) is 2. The van der Waals surface area contributed by atoms with Gasteiger partial charge in [0, 0.05) is 17.3 Å². The zero-order valence-corrected chi connectivity index (χ0v) is 20.9. The fourth-order valence-corrected chi connectivity index (χ4v) is 5.37. The SMILES string of the molecule is Cc1cc(-c2cc(C(F)F)n3ncc(C(=O)Nc4cccc(S(=O)(=O)NC5CC5)c4)c3n2)ccc1C(F)(F)F. The Bertz CT molecular complexity index is 1700. The number of carbonyl (C=O) groups is 1. The van der Waals surface area contributed by atoms with Gasteiger partial charge in [0.05, 0.1) is 22.3 Å². The Hall–Kier alpha value is -3.91. The van der Waals surface area contributed by atoms with Gasteiger partial charge < -0.3 is 5.32 Å². The smallest absolute Gasteiger partial charge is 0.322 e. The molecule has 204 valence electrons. The van der Waals surface area contributed by atoms with Crippen molar-refractivity contribution in [2.24, 2.45) is 0 Å². The molecule has 4 aromatic rings. The number of nitrogens with zero attached hydrogens (tertiary/aromatic N) is 3. The summed E-state index contributed by atoms with van der Waals surface area (Å²) in [7, 11) is -3.79. The van der Waals surface area contributed by atoms with Crippen molar-refractivity contribution in [2.45, 2.75) is 43.3 Å². The monoisotopic (exact) mass is 565 g/mol. The van der Waals surface area contributed by atoms with Gasteiger partial charge in [0.25, 0.3) is 12.3 Å². The number of hydrogen-bond acceptors (Lipinski definition) is 5. The molecule has 1 aliphatic carbocycles. The van der Waals surface area contributed by atoms with Gasteiger partial charge in [0.15, 0.2) is 5.65 Å². The van der Waals surface area contributed by atoms with Gasteiger partial charge in [0.2, 0.25) is 10.0 Å². The van der Waals surface area contributed by atoms with Crippen LogP contribution in [0.4, 0.5) is 27.6 Å². The van der Waals surface area contributed by atoms with Crippen LogP contribution in [0.2, 0.25) is 0 Å². The molecule has 0 bridgehead atoms. The lowest BCUT2D eigenvalue weighted by Gasteiger charge is -2.13. The summed E-state index contributed by atoms with van der Waals surface area (Å²) in [5.74, 6) is -0.803. The number of halogens is 5. The molecular formula is C25H20F5N5O3S. The fourth-order valence-electron chi connectivity index (χ4n) is 4.02. The average Bonchev–Trinajstić information content (AvgIpc) is 3.55. The van der Waals surface area contributed by atoms with E-state index >= 15 is 0 Å². The molecule has 1 amide bonds. The van der Waals surface area contributed by atoms with Crippen molar-refractivity contribution in [3.8, 4) is 11.3 Å². The minimum absolute atomic E-state index is 0.0647. The number of benzene rings is 2. The number of anilines is 1. The molecule has 2 aromatic carbocycles. The van der Waals surface area contributed by atoms with Gasteiger partial charge in [-0.1, -0.05) is 12.1 Å². The lowest BCUT2D eigenvalue weighted by Crippen LogP contribution is -2.25. The van der Waals surface area contributed by atoms with Crippen LogP contribution < -0.4 is 10.0 Å². The maximum atomic E-state index is 13.9. The van der Waals surface area contributed by atoms with Crippen LogP contribution in [0.15, 0.2) is 59.6 Å². The molecule has 14 heteroatoms. The van der Waals surface area contributed by atoms with Gasteiger partial charge in [0.1, 0.15) is 11.3 Å². The Labute approximate surface area is 218 Å². The van der Waals surface area contributed by atoms with E-state index in [0.29, 0.717) is 0 Å². The Kier molecular flexibility index (Phi) is 6.63. The van der Waals surface area contributed by atoms with Crippen molar-refractivity contribution in [3.63, 3.8) is 0 Å². The largest absolute Gasteiger partial charge is 0.416 e. The molecule has 0 saturated heterocycles. The first-order chi connectivity index (χ1) is 18.3. The van der Waals surface area contributed by atoms with Gasteiger partial charge >= 0.3 is 6.18 Å². The maximum Gasteiger partial charge on any atom is 0.416 e. The number of rotatable bonds is 7. The lowest BCUT2D eigenvalue weighted by atomic mass is 10.0. The van der Waals surface area contributed by atoms with Crippen molar-refractivity contribution in [3.05, 3.63) is 77.1 Å². The quantitative estimate of drug-likeness (QED) is 0.294. The lowest BCUT2D eigenvalue weighted by molar-refractivity contribution is -0.138. The second-order valence-electron chi connectivity index (χ2n) is 9.07. The van der Waals surface area contributed by atoms with Crippen molar-refractivity contribution in [2.75, 3.05) is 5.32 Å². The summed E-state index contributed by atoms with van der Waals surface area (Å²) >= 11 is 0. The van der Waals surface area contributed by atoms with E-state index in [1.807, 2.05) is 0 Å². The Morgan fingerprint density at radius 2 is 1.85 bits per heavy atom. The normalized spacial score (nSPS) is 14.2. The van der Waals surface area contributed by atoms with Gasteiger partial charge in [-0.3, -0.25) is 4.79 Å². The Balaban J connectivity index is 1.51. The predicted octanol–water partition coefficient (Wildman–Crippen LogP) is 5.35. The van der Waals surface area contributed by atoms with Gasteiger partial charge in [-0.25, -0.2) is 31.4 Å². The van der Waals surface area contributed by atoms with Gasteiger partial charge in [-0.15, -0.1) is 0 Å². The highest BCUT2D eigenvalue weighted by Gasteiger charge is 2.32. The standard InChI is InChI=1S/C25H20F5N5O3S/c1-13-9-14(5-8-19(13)25(28,29)30)20-11-21(22(26)27)35-23(33-20)18(12-31-35)24(36)32-16-3-2-4-17(10-16)39(37,38)34-15-6-7-15/h2-5,8-12,15,22,34H,6-7H2,1H3,(H,32,36). The molecule has 1 aliphatic rings. The molecule has 2 N–H and O–H groups in total. The molecule has 1 saturated carbocycles. The van der Waals surface area contributed by atoms with Crippen LogP contribution in [0.25, 0.3) is 16.9 Å². The second-order valence-corrected chi connectivity index (χ2v) is 10.8. The summed E-state index contributed by atoms with van der Waals surface area (Å²) in [5.41, 5.74) is -1.89. The molecule has 5 rings (SSSR count). The maximum absolute atomic E-state index is 13.9. The van der Waals surface area contributed by atoms with Crippen LogP contribution >= 0.6 is 0 Å². The Morgan fingerprint density at radius 1 is 1.10 bits per heavy atom. The molecule has 2 heterocycles. The van der Waals surface area contributed by atoms with Gasteiger partial charge in [-0.2, -0.15) is 18.3 Å². The minimum atomic E-state index is -4.59.